The molecule has 1 unspecified atom stereocenters. The number of aromatic nitrogens is 3. The summed E-state index contributed by atoms with van der Waals surface area (Å²) in [6, 6.07) is 31.9. The Morgan fingerprint density at radius 1 is 0.795 bits per heavy atom. The molecule has 6 rings (SSSR count). The van der Waals surface area contributed by atoms with E-state index in [9.17, 15) is 4.39 Å². The van der Waals surface area contributed by atoms with Crippen molar-refractivity contribution < 1.29 is 4.39 Å². The third kappa shape index (κ3) is 6.02. The van der Waals surface area contributed by atoms with E-state index in [1.807, 2.05) is 18.2 Å². The lowest BCUT2D eigenvalue weighted by atomic mass is 9.90. The lowest BCUT2D eigenvalue weighted by molar-refractivity contribution is 0.161. The molecule has 1 N–H and O–H groups in total. The predicted octanol–water partition coefficient (Wildman–Crippen LogP) is 6.98. The molecule has 0 saturated carbocycles. The third-order valence-corrected chi connectivity index (χ3v) is 7.25. The van der Waals surface area contributed by atoms with Crippen molar-refractivity contribution in [2.45, 2.75) is 38.4 Å². The van der Waals surface area contributed by atoms with Crippen molar-refractivity contribution >= 4 is 11.5 Å². The average molecular weight is 516 g/mol. The number of rotatable bonds is 8. The molecular formula is C33H30FN5. The molecule has 6 heteroatoms. The summed E-state index contributed by atoms with van der Waals surface area (Å²) in [4.78, 5) is 16.6. The second-order valence-corrected chi connectivity index (χ2v) is 9.97. The first-order valence-electron chi connectivity index (χ1n) is 13.4. The zero-order valence-electron chi connectivity index (χ0n) is 21.7. The second-order valence-electron chi connectivity index (χ2n) is 9.97. The molecule has 0 fully saturated rings. The third-order valence-electron chi connectivity index (χ3n) is 7.25. The van der Waals surface area contributed by atoms with E-state index in [4.69, 9.17) is 9.97 Å². The highest BCUT2D eigenvalue weighted by atomic mass is 19.1. The van der Waals surface area contributed by atoms with Gasteiger partial charge in [-0.15, -0.1) is 0 Å². The number of nitrogens with one attached hydrogen (secondary N) is 1. The predicted molar refractivity (Wildman–Crippen MR) is 153 cm³/mol. The van der Waals surface area contributed by atoms with Gasteiger partial charge in [0.25, 0.3) is 0 Å². The van der Waals surface area contributed by atoms with Crippen molar-refractivity contribution in [2.24, 2.45) is 0 Å². The number of anilines is 2. The number of aryl methyl sites for hydroxylation is 1. The van der Waals surface area contributed by atoms with E-state index in [1.165, 1.54) is 23.3 Å². The fraction of sp³-hybridized carbons (Fsp3) is 0.182. The first kappa shape index (κ1) is 24.9. The summed E-state index contributed by atoms with van der Waals surface area (Å²) in [7, 11) is 0. The molecule has 0 radical (unpaired) electrons. The van der Waals surface area contributed by atoms with Gasteiger partial charge in [0.15, 0.2) is 5.82 Å². The molecule has 194 valence electrons. The molecule has 1 aliphatic carbocycles. The van der Waals surface area contributed by atoms with Crippen LogP contribution in [0.2, 0.25) is 0 Å². The molecule has 0 spiro atoms. The molecule has 0 bridgehead atoms. The van der Waals surface area contributed by atoms with E-state index in [2.05, 4.69) is 75.9 Å². The van der Waals surface area contributed by atoms with Crippen LogP contribution in [0.3, 0.4) is 0 Å². The van der Waals surface area contributed by atoms with Gasteiger partial charge in [-0.3, -0.25) is 9.88 Å². The van der Waals surface area contributed by atoms with Gasteiger partial charge in [-0.2, -0.15) is 0 Å². The Bertz CT molecular complexity index is 1490. The van der Waals surface area contributed by atoms with Gasteiger partial charge in [-0.05, 0) is 60.7 Å². The van der Waals surface area contributed by atoms with Gasteiger partial charge in [0, 0.05) is 54.0 Å². The molecule has 39 heavy (non-hydrogen) atoms. The quantitative estimate of drug-likeness (QED) is 0.242. The van der Waals surface area contributed by atoms with Crippen LogP contribution >= 0.6 is 0 Å². The summed E-state index contributed by atoms with van der Waals surface area (Å²) in [5, 5.41) is 3.42. The Hall–Kier alpha value is -4.42. The van der Waals surface area contributed by atoms with Crippen LogP contribution in [0.1, 0.15) is 28.8 Å². The highest BCUT2D eigenvalue weighted by Gasteiger charge is 2.29. The van der Waals surface area contributed by atoms with E-state index in [-0.39, 0.29) is 5.82 Å². The van der Waals surface area contributed by atoms with Crippen LogP contribution in [0.15, 0.2) is 109 Å². The van der Waals surface area contributed by atoms with Crippen LogP contribution in [0, 0.1) is 5.82 Å². The van der Waals surface area contributed by atoms with E-state index in [0.29, 0.717) is 17.6 Å². The molecular weight excluding hydrogens is 485 g/mol. The molecule has 5 nitrogen and oxygen atoms in total. The first-order valence-corrected chi connectivity index (χ1v) is 13.4. The SMILES string of the molecule is Fc1cccc(Nc2nc(-c3ccncc3)nc3c2CC(N(Cc2ccccc2)Cc2ccccc2)CC3)c1. The van der Waals surface area contributed by atoms with Crippen LogP contribution in [0.5, 0.6) is 0 Å². The van der Waals surface area contributed by atoms with Crippen molar-refractivity contribution in [3.05, 3.63) is 138 Å². The maximum atomic E-state index is 14.0. The highest BCUT2D eigenvalue weighted by Crippen LogP contribution is 2.33. The number of nitrogens with zero attached hydrogens (tertiary/aromatic N) is 4. The minimum Gasteiger partial charge on any atom is -0.340 e. The van der Waals surface area contributed by atoms with Crippen LogP contribution in [0.25, 0.3) is 11.4 Å². The van der Waals surface area contributed by atoms with Crippen LogP contribution in [-0.4, -0.2) is 25.9 Å². The Morgan fingerprint density at radius 2 is 1.49 bits per heavy atom. The van der Waals surface area contributed by atoms with Crippen LogP contribution in [0.4, 0.5) is 15.9 Å². The molecule has 3 aromatic carbocycles. The average Bonchev–Trinajstić information content (AvgIpc) is 2.98. The number of hydrogen-bond acceptors (Lipinski definition) is 5. The van der Waals surface area contributed by atoms with Crippen molar-refractivity contribution in [3.63, 3.8) is 0 Å². The van der Waals surface area contributed by atoms with E-state index in [0.717, 1.165) is 55.0 Å². The van der Waals surface area contributed by atoms with Gasteiger partial charge < -0.3 is 5.32 Å². The smallest absolute Gasteiger partial charge is 0.161 e. The minimum absolute atomic E-state index is 0.285. The zero-order chi connectivity index (χ0) is 26.4. The zero-order valence-corrected chi connectivity index (χ0v) is 21.7. The Labute approximate surface area is 228 Å². The topological polar surface area (TPSA) is 53.9 Å². The van der Waals surface area contributed by atoms with Crippen LogP contribution < -0.4 is 5.32 Å². The molecule has 0 saturated heterocycles. The van der Waals surface area contributed by atoms with E-state index in [1.54, 1.807) is 18.5 Å². The monoisotopic (exact) mass is 515 g/mol. The maximum Gasteiger partial charge on any atom is 0.161 e. The number of fused-ring (bicyclic) bond motifs is 1. The normalized spacial score (nSPS) is 14.7. The minimum atomic E-state index is -0.285. The summed E-state index contributed by atoms with van der Waals surface area (Å²) in [5.41, 5.74) is 6.31. The number of pyridine rings is 1. The summed E-state index contributed by atoms with van der Waals surface area (Å²) in [6.07, 6.45) is 6.15. The Balaban J connectivity index is 1.36. The number of hydrogen-bond donors (Lipinski definition) is 1. The van der Waals surface area contributed by atoms with Gasteiger partial charge in [-0.1, -0.05) is 66.7 Å². The van der Waals surface area contributed by atoms with E-state index >= 15 is 0 Å². The first-order chi connectivity index (χ1) is 19.2. The van der Waals surface area contributed by atoms with Crippen molar-refractivity contribution in [2.75, 3.05) is 5.32 Å². The summed E-state index contributed by atoms with van der Waals surface area (Å²) >= 11 is 0. The summed E-state index contributed by atoms with van der Waals surface area (Å²) in [5.74, 6) is 1.10. The molecule has 1 aliphatic rings. The lowest BCUT2D eigenvalue weighted by Gasteiger charge is -2.36. The molecule has 1 atom stereocenters. The molecule has 0 amide bonds. The fourth-order valence-corrected chi connectivity index (χ4v) is 5.29. The second kappa shape index (κ2) is 11.5. The Morgan fingerprint density at radius 3 is 2.15 bits per heavy atom. The molecule has 0 aliphatic heterocycles. The Kier molecular flexibility index (Phi) is 7.36. The maximum absolute atomic E-state index is 14.0. The van der Waals surface area contributed by atoms with Gasteiger partial charge in [0.2, 0.25) is 0 Å². The number of benzene rings is 3. The van der Waals surface area contributed by atoms with Crippen molar-refractivity contribution in [1.82, 2.24) is 19.9 Å². The fourth-order valence-electron chi connectivity index (χ4n) is 5.29. The molecule has 5 aromatic rings. The van der Waals surface area contributed by atoms with Gasteiger partial charge >= 0.3 is 0 Å². The largest absolute Gasteiger partial charge is 0.340 e. The molecule has 2 aromatic heterocycles. The number of halogens is 1. The standard InChI is InChI=1S/C33H30FN5/c34-27-12-7-13-28(20-27)36-33-30-21-29(14-15-31(30)37-32(38-33)26-16-18-35-19-17-26)39(22-24-8-3-1-4-9-24)23-25-10-5-2-6-11-25/h1-13,16-20,29H,14-15,21-23H2,(H,36,37,38). The van der Waals surface area contributed by atoms with Gasteiger partial charge in [0.05, 0.1) is 0 Å². The lowest BCUT2D eigenvalue weighted by Crippen LogP contribution is -2.39. The van der Waals surface area contributed by atoms with Gasteiger partial charge in [-0.25, -0.2) is 14.4 Å². The van der Waals surface area contributed by atoms with Crippen molar-refractivity contribution in [3.8, 4) is 11.4 Å². The van der Waals surface area contributed by atoms with Crippen LogP contribution in [-0.2, 0) is 25.9 Å². The highest BCUT2D eigenvalue weighted by molar-refractivity contribution is 5.65. The van der Waals surface area contributed by atoms with E-state index < -0.39 is 0 Å². The molecule has 2 heterocycles. The summed E-state index contributed by atoms with van der Waals surface area (Å²) in [6.45, 7) is 1.72. The summed E-state index contributed by atoms with van der Waals surface area (Å²) < 4.78 is 14.0. The van der Waals surface area contributed by atoms with Gasteiger partial charge in [0.1, 0.15) is 11.6 Å². The van der Waals surface area contributed by atoms with Crippen molar-refractivity contribution in [1.29, 1.82) is 0 Å².